The number of anilines is 1. The zero-order valence-electron chi connectivity index (χ0n) is 10.5. The lowest BCUT2D eigenvalue weighted by Gasteiger charge is -2.34. The minimum Gasteiger partial charge on any atom is -0.394 e. The van der Waals surface area contributed by atoms with Gasteiger partial charge in [-0.2, -0.15) is 0 Å². The topological polar surface area (TPSA) is 58.7 Å². The third-order valence-corrected chi connectivity index (χ3v) is 3.18. The van der Waals surface area contributed by atoms with Crippen LogP contribution >= 0.6 is 0 Å². The van der Waals surface area contributed by atoms with E-state index in [1.807, 2.05) is 17.9 Å². The maximum Gasteiger partial charge on any atom is 0.146 e. The number of halogens is 1. The van der Waals surface area contributed by atoms with E-state index in [4.69, 9.17) is 15.6 Å². The summed E-state index contributed by atoms with van der Waals surface area (Å²) in [5.41, 5.74) is 7.04. The number of aliphatic hydroxyl groups excluding tert-OH is 1. The second kappa shape index (κ2) is 5.65. The van der Waals surface area contributed by atoms with E-state index >= 15 is 0 Å². The Kier molecular flexibility index (Phi) is 4.16. The van der Waals surface area contributed by atoms with E-state index in [2.05, 4.69) is 0 Å². The van der Waals surface area contributed by atoms with Gasteiger partial charge in [-0.15, -0.1) is 0 Å². The van der Waals surface area contributed by atoms with Crippen LogP contribution in [0.4, 0.5) is 10.1 Å². The van der Waals surface area contributed by atoms with Crippen LogP contribution in [0.2, 0.25) is 0 Å². The minimum absolute atomic E-state index is 0.0456. The molecule has 1 aliphatic heterocycles. The van der Waals surface area contributed by atoms with Crippen LogP contribution in [0, 0.1) is 5.82 Å². The van der Waals surface area contributed by atoms with Crippen molar-refractivity contribution in [3.05, 3.63) is 29.6 Å². The summed E-state index contributed by atoms with van der Waals surface area (Å²) in [7, 11) is 0. The minimum atomic E-state index is -0.275. The molecule has 0 bridgehead atoms. The number of morpholine rings is 1. The van der Waals surface area contributed by atoms with Crippen molar-refractivity contribution >= 4 is 5.69 Å². The van der Waals surface area contributed by atoms with Crippen LogP contribution in [0.15, 0.2) is 18.2 Å². The van der Waals surface area contributed by atoms with Crippen molar-refractivity contribution in [3.8, 4) is 0 Å². The maximum atomic E-state index is 14.0. The molecule has 0 amide bonds. The number of hydrogen-bond donors (Lipinski definition) is 2. The van der Waals surface area contributed by atoms with Crippen LogP contribution in [0.1, 0.15) is 18.5 Å². The predicted octanol–water partition coefficient (Wildman–Crippen LogP) is 1.04. The number of rotatable bonds is 3. The second-order valence-corrected chi connectivity index (χ2v) is 4.62. The van der Waals surface area contributed by atoms with Crippen LogP contribution in [-0.2, 0) is 4.74 Å². The van der Waals surface area contributed by atoms with Gasteiger partial charge < -0.3 is 20.5 Å². The Hall–Kier alpha value is -1.17. The number of nitrogens with zero attached hydrogens (tertiary/aromatic N) is 1. The SMILES string of the molecule is C[C@H](N)c1ccc(N2CCOC(CO)C2)c(F)c1. The first kappa shape index (κ1) is 13.3. The van der Waals surface area contributed by atoms with Gasteiger partial charge in [0.1, 0.15) is 5.82 Å². The summed E-state index contributed by atoms with van der Waals surface area (Å²) in [6.45, 7) is 3.41. The molecule has 0 aliphatic carbocycles. The van der Waals surface area contributed by atoms with Crippen molar-refractivity contribution in [1.82, 2.24) is 0 Å². The largest absolute Gasteiger partial charge is 0.394 e. The highest BCUT2D eigenvalue weighted by molar-refractivity contribution is 5.50. The summed E-state index contributed by atoms with van der Waals surface area (Å²) in [5.74, 6) is -0.275. The summed E-state index contributed by atoms with van der Waals surface area (Å²) >= 11 is 0. The van der Waals surface area contributed by atoms with E-state index < -0.39 is 0 Å². The van der Waals surface area contributed by atoms with E-state index in [0.717, 1.165) is 5.56 Å². The lowest BCUT2D eigenvalue weighted by Crippen LogP contribution is -2.44. The number of ether oxygens (including phenoxy) is 1. The zero-order chi connectivity index (χ0) is 13.1. The van der Waals surface area contributed by atoms with Crippen LogP contribution < -0.4 is 10.6 Å². The van der Waals surface area contributed by atoms with Gasteiger partial charge in [0.2, 0.25) is 0 Å². The molecule has 1 aromatic rings. The van der Waals surface area contributed by atoms with E-state index in [0.29, 0.717) is 25.4 Å². The summed E-state index contributed by atoms with van der Waals surface area (Å²) < 4.78 is 19.4. The van der Waals surface area contributed by atoms with Crippen molar-refractivity contribution < 1.29 is 14.2 Å². The van der Waals surface area contributed by atoms with E-state index in [1.54, 1.807) is 6.07 Å². The molecule has 5 heteroatoms. The highest BCUT2D eigenvalue weighted by Crippen LogP contribution is 2.24. The molecular formula is C13H19FN2O2. The normalized spacial score (nSPS) is 22.0. The highest BCUT2D eigenvalue weighted by atomic mass is 19.1. The van der Waals surface area contributed by atoms with Crippen molar-refractivity contribution in [3.63, 3.8) is 0 Å². The Morgan fingerprint density at radius 2 is 2.39 bits per heavy atom. The lowest BCUT2D eigenvalue weighted by molar-refractivity contribution is 0.00340. The quantitative estimate of drug-likeness (QED) is 0.846. The molecule has 1 aliphatic rings. The van der Waals surface area contributed by atoms with Crippen LogP contribution in [0.3, 0.4) is 0 Å². The average molecular weight is 254 g/mol. The van der Waals surface area contributed by atoms with Crippen molar-refractivity contribution in [2.24, 2.45) is 5.73 Å². The fourth-order valence-corrected chi connectivity index (χ4v) is 2.11. The van der Waals surface area contributed by atoms with Gasteiger partial charge in [0.25, 0.3) is 0 Å². The molecule has 0 aromatic heterocycles. The Morgan fingerprint density at radius 1 is 1.61 bits per heavy atom. The predicted molar refractivity (Wildman–Crippen MR) is 68.0 cm³/mol. The first-order valence-electron chi connectivity index (χ1n) is 6.14. The van der Waals surface area contributed by atoms with Crippen molar-refractivity contribution in [2.75, 3.05) is 31.2 Å². The molecule has 0 spiro atoms. The summed E-state index contributed by atoms with van der Waals surface area (Å²) in [5, 5.41) is 9.08. The van der Waals surface area contributed by atoms with Crippen LogP contribution in [-0.4, -0.2) is 37.5 Å². The third kappa shape index (κ3) is 2.80. The van der Waals surface area contributed by atoms with Gasteiger partial charge in [-0.1, -0.05) is 6.07 Å². The molecule has 1 fully saturated rings. The van der Waals surface area contributed by atoms with Gasteiger partial charge in [-0.25, -0.2) is 4.39 Å². The molecule has 1 unspecified atom stereocenters. The third-order valence-electron chi connectivity index (χ3n) is 3.18. The Balaban J connectivity index is 2.17. The molecule has 4 nitrogen and oxygen atoms in total. The van der Waals surface area contributed by atoms with E-state index in [1.165, 1.54) is 6.07 Å². The lowest BCUT2D eigenvalue weighted by atomic mass is 10.1. The first-order chi connectivity index (χ1) is 8.61. The van der Waals surface area contributed by atoms with Crippen molar-refractivity contribution in [1.29, 1.82) is 0 Å². The fourth-order valence-electron chi connectivity index (χ4n) is 2.11. The molecule has 100 valence electrons. The van der Waals surface area contributed by atoms with Gasteiger partial charge in [-0.05, 0) is 24.6 Å². The standard InChI is InChI=1S/C13H19FN2O2/c1-9(15)10-2-3-13(12(14)6-10)16-4-5-18-11(7-16)8-17/h2-3,6,9,11,17H,4-5,7-8,15H2,1H3/t9-,11?/m0/s1. The number of hydrogen-bond acceptors (Lipinski definition) is 4. The summed E-state index contributed by atoms with van der Waals surface area (Å²) in [4.78, 5) is 1.89. The number of benzene rings is 1. The molecule has 1 aromatic carbocycles. The molecule has 0 radical (unpaired) electrons. The molecule has 3 N–H and O–H groups in total. The number of nitrogens with two attached hydrogens (primary N) is 1. The Labute approximate surface area is 106 Å². The van der Waals surface area contributed by atoms with Gasteiger partial charge in [-0.3, -0.25) is 0 Å². The fraction of sp³-hybridized carbons (Fsp3) is 0.538. The summed E-state index contributed by atoms with van der Waals surface area (Å²) in [6, 6.07) is 4.88. The molecular weight excluding hydrogens is 235 g/mol. The Morgan fingerprint density at radius 3 is 3.00 bits per heavy atom. The van der Waals surface area contributed by atoms with Crippen molar-refractivity contribution in [2.45, 2.75) is 19.1 Å². The maximum absolute atomic E-state index is 14.0. The Bertz CT molecular complexity index is 412. The average Bonchev–Trinajstić information content (AvgIpc) is 2.38. The van der Waals surface area contributed by atoms with Gasteiger partial charge in [0.15, 0.2) is 0 Å². The molecule has 0 saturated carbocycles. The van der Waals surface area contributed by atoms with Gasteiger partial charge in [0, 0.05) is 19.1 Å². The van der Waals surface area contributed by atoms with Gasteiger partial charge in [0.05, 0.1) is 25.0 Å². The van der Waals surface area contributed by atoms with Crippen LogP contribution in [0.25, 0.3) is 0 Å². The van der Waals surface area contributed by atoms with Gasteiger partial charge >= 0.3 is 0 Å². The summed E-state index contributed by atoms with van der Waals surface area (Å²) in [6.07, 6.45) is -0.244. The monoisotopic (exact) mass is 254 g/mol. The number of aliphatic hydroxyl groups is 1. The second-order valence-electron chi connectivity index (χ2n) is 4.62. The van der Waals surface area contributed by atoms with E-state index in [-0.39, 0.29) is 24.6 Å². The molecule has 2 atom stereocenters. The zero-order valence-corrected chi connectivity index (χ0v) is 10.5. The molecule has 2 rings (SSSR count). The van der Waals surface area contributed by atoms with E-state index in [9.17, 15) is 4.39 Å². The molecule has 1 saturated heterocycles. The smallest absolute Gasteiger partial charge is 0.146 e. The first-order valence-corrected chi connectivity index (χ1v) is 6.14. The molecule has 18 heavy (non-hydrogen) atoms. The van der Waals surface area contributed by atoms with Crippen LogP contribution in [0.5, 0.6) is 0 Å². The highest BCUT2D eigenvalue weighted by Gasteiger charge is 2.22. The molecule has 1 heterocycles.